The molecule has 1 aliphatic heterocycles. The topological polar surface area (TPSA) is 34.1 Å². The number of hydrogen-bond donors (Lipinski definition) is 1. The summed E-state index contributed by atoms with van der Waals surface area (Å²) >= 11 is 12.1. The summed E-state index contributed by atoms with van der Waals surface area (Å²) in [5.41, 5.74) is 1.10. The van der Waals surface area contributed by atoms with E-state index in [-0.39, 0.29) is 0 Å². The Morgan fingerprint density at radius 2 is 2.04 bits per heavy atom. The van der Waals surface area contributed by atoms with E-state index in [4.69, 9.17) is 23.2 Å². The largest absolute Gasteiger partial charge is 0.355 e. The number of halogens is 2. The molecule has 1 saturated heterocycles. The summed E-state index contributed by atoms with van der Waals surface area (Å²) in [4.78, 5) is 11.3. The summed E-state index contributed by atoms with van der Waals surface area (Å²) in [6.07, 6.45) is 0. The first kappa shape index (κ1) is 19.3. The first-order chi connectivity index (χ1) is 11.4. The lowest BCUT2D eigenvalue weighted by Crippen LogP contribution is -2.55. The Kier molecular flexibility index (Phi) is 7.16. The normalized spacial score (nSPS) is 20.2. The zero-order valence-electron chi connectivity index (χ0n) is 14.9. The van der Waals surface area contributed by atoms with Crippen LogP contribution in [0.25, 0.3) is 0 Å². The Morgan fingerprint density at radius 3 is 2.71 bits per heavy atom. The molecule has 0 aliphatic carbocycles. The molecule has 1 aromatic carbocycles. The molecule has 2 rings (SSSR count). The molecule has 24 heavy (non-hydrogen) atoms. The number of benzene rings is 1. The van der Waals surface area contributed by atoms with Crippen LogP contribution in [-0.4, -0.2) is 81.1 Å². The highest BCUT2D eigenvalue weighted by Gasteiger charge is 2.22. The zero-order chi connectivity index (χ0) is 17.7. The number of likely N-dealkylation sites (N-methyl/N-ethyl adjacent to an activating group) is 2. The fourth-order valence-corrected chi connectivity index (χ4v) is 3.22. The Labute approximate surface area is 155 Å². The quantitative estimate of drug-likeness (QED) is 0.650. The van der Waals surface area contributed by atoms with Gasteiger partial charge in [-0.3, -0.25) is 9.89 Å². The minimum Gasteiger partial charge on any atom is -0.355 e. The fraction of sp³-hybridized carbons (Fsp3) is 0.588. The third-order valence-electron chi connectivity index (χ3n) is 4.45. The molecule has 1 aromatic rings. The van der Waals surface area contributed by atoms with Gasteiger partial charge in [-0.2, -0.15) is 0 Å². The van der Waals surface area contributed by atoms with Crippen molar-refractivity contribution in [2.75, 3.05) is 54.4 Å². The summed E-state index contributed by atoms with van der Waals surface area (Å²) in [6.45, 7) is 4.88. The van der Waals surface area contributed by atoms with Gasteiger partial charge in [0, 0.05) is 52.9 Å². The predicted molar refractivity (Wildman–Crippen MR) is 103 cm³/mol. The molecule has 134 valence electrons. The van der Waals surface area contributed by atoms with Gasteiger partial charge in [0.25, 0.3) is 0 Å². The molecule has 0 spiro atoms. The van der Waals surface area contributed by atoms with E-state index in [1.807, 2.05) is 32.3 Å². The molecular formula is C17H27Cl2N5. The van der Waals surface area contributed by atoms with Gasteiger partial charge < -0.3 is 15.1 Å². The molecule has 0 aromatic heterocycles. The average Bonchev–Trinajstić information content (AvgIpc) is 2.54. The number of rotatable bonds is 4. The first-order valence-corrected chi connectivity index (χ1v) is 8.90. The third-order valence-corrected chi connectivity index (χ3v) is 5.19. The number of hydrogen-bond acceptors (Lipinski definition) is 3. The van der Waals surface area contributed by atoms with Crippen molar-refractivity contribution >= 4 is 29.2 Å². The number of piperazine rings is 1. The highest BCUT2D eigenvalue weighted by Crippen LogP contribution is 2.23. The molecule has 0 radical (unpaired) electrons. The van der Waals surface area contributed by atoms with Crippen LogP contribution in [0.5, 0.6) is 0 Å². The summed E-state index contributed by atoms with van der Waals surface area (Å²) in [6, 6.07) is 6.20. The van der Waals surface area contributed by atoms with Crippen LogP contribution >= 0.6 is 23.2 Å². The lowest BCUT2D eigenvalue weighted by molar-refractivity contribution is 0.116. The predicted octanol–water partition coefficient (Wildman–Crippen LogP) is 2.25. The van der Waals surface area contributed by atoms with E-state index in [2.05, 4.69) is 39.1 Å². The van der Waals surface area contributed by atoms with E-state index in [9.17, 15) is 0 Å². The van der Waals surface area contributed by atoms with Gasteiger partial charge in [-0.05, 0) is 31.8 Å². The van der Waals surface area contributed by atoms with Gasteiger partial charge in [-0.15, -0.1) is 0 Å². The van der Waals surface area contributed by atoms with Crippen LogP contribution in [-0.2, 0) is 6.54 Å². The molecule has 1 atom stereocenters. The molecule has 1 N–H and O–H groups in total. The van der Waals surface area contributed by atoms with E-state index < -0.39 is 0 Å². The van der Waals surface area contributed by atoms with Gasteiger partial charge in [0.05, 0.1) is 10.0 Å². The van der Waals surface area contributed by atoms with Crippen LogP contribution < -0.4 is 5.32 Å². The smallest absolute Gasteiger partial charge is 0.193 e. The van der Waals surface area contributed by atoms with Gasteiger partial charge in [0.2, 0.25) is 0 Å². The molecule has 5 nitrogen and oxygen atoms in total. The molecule has 0 amide bonds. The summed E-state index contributed by atoms with van der Waals surface area (Å²) in [5, 5.41) is 4.64. The maximum Gasteiger partial charge on any atom is 0.193 e. The van der Waals surface area contributed by atoms with Gasteiger partial charge in [0.1, 0.15) is 0 Å². The maximum absolute atomic E-state index is 6.10. The fourth-order valence-electron chi connectivity index (χ4n) is 2.90. The van der Waals surface area contributed by atoms with Crippen LogP contribution in [0.15, 0.2) is 23.2 Å². The molecular weight excluding hydrogens is 345 g/mol. The molecule has 1 fully saturated rings. The lowest BCUT2D eigenvalue weighted by Gasteiger charge is -2.38. The Bertz CT molecular complexity index is 578. The number of guanidine groups is 1. The van der Waals surface area contributed by atoms with E-state index in [0.29, 0.717) is 16.1 Å². The van der Waals surface area contributed by atoms with Crippen molar-refractivity contribution in [2.45, 2.75) is 12.6 Å². The molecule has 0 saturated carbocycles. The summed E-state index contributed by atoms with van der Waals surface area (Å²) in [7, 11) is 8.19. The van der Waals surface area contributed by atoms with Crippen molar-refractivity contribution in [3.05, 3.63) is 33.8 Å². The minimum absolute atomic E-state index is 0.485. The highest BCUT2D eigenvalue weighted by atomic mass is 35.5. The molecule has 1 aliphatic rings. The van der Waals surface area contributed by atoms with Crippen molar-refractivity contribution in [2.24, 2.45) is 4.99 Å². The van der Waals surface area contributed by atoms with Gasteiger partial charge in [0.15, 0.2) is 5.96 Å². The van der Waals surface area contributed by atoms with E-state index in [0.717, 1.165) is 44.2 Å². The zero-order valence-corrected chi connectivity index (χ0v) is 16.4. The van der Waals surface area contributed by atoms with E-state index in [1.54, 1.807) is 0 Å². The SMILES string of the molecule is CN=C(NCC1CN(C)CCN1C)N(C)Cc1ccc(Cl)c(Cl)c1. The van der Waals surface area contributed by atoms with Gasteiger partial charge >= 0.3 is 0 Å². The van der Waals surface area contributed by atoms with Crippen molar-refractivity contribution < 1.29 is 0 Å². The monoisotopic (exact) mass is 371 g/mol. The van der Waals surface area contributed by atoms with Crippen molar-refractivity contribution in [1.29, 1.82) is 0 Å². The van der Waals surface area contributed by atoms with E-state index in [1.165, 1.54) is 0 Å². The molecule has 7 heteroatoms. The second-order valence-corrected chi connectivity index (χ2v) is 7.24. The van der Waals surface area contributed by atoms with Crippen LogP contribution in [0.2, 0.25) is 10.0 Å². The Balaban J connectivity index is 1.91. The minimum atomic E-state index is 0.485. The van der Waals surface area contributed by atoms with Crippen LogP contribution in [0.1, 0.15) is 5.56 Å². The van der Waals surface area contributed by atoms with E-state index >= 15 is 0 Å². The second-order valence-electron chi connectivity index (χ2n) is 6.43. The van der Waals surface area contributed by atoms with Crippen LogP contribution in [0, 0.1) is 0 Å². The van der Waals surface area contributed by atoms with Crippen molar-refractivity contribution in [1.82, 2.24) is 20.0 Å². The molecule has 1 unspecified atom stereocenters. The maximum atomic E-state index is 6.10. The van der Waals surface area contributed by atoms with Crippen molar-refractivity contribution in [3.63, 3.8) is 0 Å². The molecule has 0 bridgehead atoms. The standard InChI is InChI=1S/C17H27Cl2N5/c1-20-17(21-10-14-12-22(2)7-8-23(14)3)24(4)11-13-5-6-15(18)16(19)9-13/h5-6,9,14H,7-8,10-12H2,1-4H3,(H,20,21). The average molecular weight is 372 g/mol. The van der Waals surface area contributed by atoms with Crippen molar-refractivity contribution in [3.8, 4) is 0 Å². The van der Waals surface area contributed by atoms with Crippen LogP contribution in [0.4, 0.5) is 0 Å². The molecule has 1 heterocycles. The number of nitrogens with one attached hydrogen (secondary N) is 1. The number of nitrogens with zero attached hydrogens (tertiary/aromatic N) is 4. The van der Waals surface area contributed by atoms with Crippen LogP contribution in [0.3, 0.4) is 0 Å². The van der Waals surface area contributed by atoms with Gasteiger partial charge in [-0.25, -0.2) is 0 Å². The lowest BCUT2D eigenvalue weighted by atomic mass is 10.2. The Hall–Kier alpha value is -1.01. The number of aliphatic imine (C=N–C) groups is 1. The second kappa shape index (κ2) is 8.90. The third kappa shape index (κ3) is 5.24. The van der Waals surface area contributed by atoms with Gasteiger partial charge in [-0.1, -0.05) is 29.3 Å². The highest BCUT2D eigenvalue weighted by molar-refractivity contribution is 6.42. The summed E-state index contributed by atoms with van der Waals surface area (Å²) < 4.78 is 0. The summed E-state index contributed by atoms with van der Waals surface area (Å²) in [5.74, 6) is 0.877. The Morgan fingerprint density at radius 1 is 1.29 bits per heavy atom. The first-order valence-electron chi connectivity index (χ1n) is 8.15.